The number of ether oxygens (including phenoxy) is 2. The van der Waals surface area contributed by atoms with E-state index in [9.17, 15) is 14.0 Å². The summed E-state index contributed by atoms with van der Waals surface area (Å²) in [6.07, 6.45) is 1.75. The summed E-state index contributed by atoms with van der Waals surface area (Å²) < 4.78 is 24.6. The van der Waals surface area contributed by atoms with Gasteiger partial charge in [0, 0.05) is 21.4 Å². The highest BCUT2D eigenvalue weighted by molar-refractivity contribution is 7.99. The van der Waals surface area contributed by atoms with Crippen molar-refractivity contribution in [3.8, 4) is 0 Å². The maximum absolute atomic E-state index is 13.6. The van der Waals surface area contributed by atoms with Crippen LogP contribution in [0.1, 0.15) is 39.1 Å². The molecule has 5 rings (SSSR count). The van der Waals surface area contributed by atoms with Gasteiger partial charge in [0.05, 0.1) is 29.5 Å². The number of amides is 1. The molecule has 0 radical (unpaired) electrons. The number of hydrogen-bond donors (Lipinski definition) is 0. The topological polar surface area (TPSA) is 55.8 Å². The highest BCUT2D eigenvalue weighted by atomic mass is 35.5. The van der Waals surface area contributed by atoms with Crippen LogP contribution in [0.5, 0.6) is 0 Å². The van der Waals surface area contributed by atoms with Gasteiger partial charge in [0.1, 0.15) is 12.4 Å². The van der Waals surface area contributed by atoms with Gasteiger partial charge in [-0.2, -0.15) is 0 Å². The van der Waals surface area contributed by atoms with Gasteiger partial charge < -0.3 is 14.4 Å². The first-order valence-corrected chi connectivity index (χ1v) is 12.1. The van der Waals surface area contributed by atoms with Crippen LogP contribution in [-0.2, 0) is 16.0 Å². The van der Waals surface area contributed by atoms with Crippen LogP contribution in [0.4, 0.5) is 10.1 Å². The summed E-state index contributed by atoms with van der Waals surface area (Å²) in [7, 11) is 0. The van der Waals surface area contributed by atoms with E-state index in [1.165, 1.54) is 23.9 Å². The average Bonchev–Trinajstić information content (AvgIpc) is 3.32. The summed E-state index contributed by atoms with van der Waals surface area (Å²) in [6, 6.07) is 16.6. The van der Waals surface area contributed by atoms with E-state index in [1.54, 1.807) is 29.2 Å². The Morgan fingerprint density at radius 2 is 2.00 bits per heavy atom. The summed E-state index contributed by atoms with van der Waals surface area (Å²) in [6.45, 7) is 1.00. The van der Waals surface area contributed by atoms with E-state index in [2.05, 4.69) is 0 Å². The number of nitrogens with zero attached hydrogens (tertiary/aromatic N) is 1. The number of anilines is 1. The van der Waals surface area contributed by atoms with E-state index in [1.807, 2.05) is 24.3 Å². The van der Waals surface area contributed by atoms with Gasteiger partial charge in [-0.3, -0.25) is 4.79 Å². The second kappa shape index (κ2) is 9.78. The molecule has 1 fully saturated rings. The zero-order chi connectivity index (χ0) is 23.7. The SMILES string of the molecule is O=C(OC[C@H]1CCCO1)c1ccc2c(c1)N(Cc1ccc(F)cc1Cl)C(=O)c1ccccc1S2. The fourth-order valence-electron chi connectivity index (χ4n) is 4.05. The molecule has 174 valence electrons. The lowest BCUT2D eigenvalue weighted by Gasteiger charge is -2.24. The van der Waals surface area contributed by atoms with Crippen LogP contribution in [0.2, 0.25) is 5.02 Å². The summed E-state index contributed by atoms with van der Waals surface area (Å²) >= 11 is 7.74. The Morgan fingerprint density at radius 1 is 1.15 bits per heavy atom. The van der Waals surface area contributed by atoms with Gasteiger partial charge in [0.2, 0.25) is 0 Å². The van der Waals surface area contributed by atoms with Crippen molar-refractivity contribution < 1.29 is 23.5 Å². The van der Waals surface area contributed by atoms with Crippen molar-refractivity contribution in [3.05, 3.63) is 88.2 Å². The van der Waals surface area contributed by atoms with Gasteiger partial charge in [0.15, 0.2) is 0 Å². The van der Waals surface area contributed by atoms with Crippen LogP contribution in [0.25, 0.3) is 0 Å². The number of carbonyl (C=O) groups excluding carboxylic acids is 2. The molecule has 1 saturated heterocycles. The molecule has 1 atom stereocenters. The minimum absolute atomic E-state index is 0.0754. The molecule has 3 aromatic rings. The molecule has 0 unspecified atom stereocenters. The maximum Gasteiger partial charge on any atom is 0.338 e. The maximum atomic E-state index is 13.6. The number of fused-ring (bicyclic) bond motifs is 2. The van der Waals surface area contributed by atoms with Crippen molar-refractivity contribution in [2.24, 2.45) is 0 Å². The molecule has 0 N–H and O–H groups in total. The third-order valence-electron chi connectivity index (χ3n) is 5.84. The molecule has 0 saturated carbocycles. The van der Waals surface area contributed by atoms with Crippen molar-refractivity contribution in [2.75, 3.05) is 18.1 Å². The van der Waals surface area contributed by atoms with E-state index in [0.717, 1.165) is 22.6 Å². The largest absolute Gasteiger partial charge is 0.459 e. The molecule has 3 aromatic carbocycles. The summed E-state index contributed by atoms with van der Waals surface area (Å²) in [5.41, 5.74) is 2.05. The molecule has 8 heteroatoms. The van der Waals surface area contributed by atoms with Crippen molar-refractivity contribution in [1.82, 2.24) is 0 Å². The van der Waals surface area contributed by atoms with E-state index in [0.29, 0.717) is 29.0 Å². The first-order chi connectivity index (χ1) is 16.5. The molecule has 1 amide bonds. The number of esters is 1. The Kier molecular flexibility index (Phi) is 6.59. The standard InChI is InChI=1S/C26H21ClFNO4S/c27-21-13-18(28)9-7-17(21)14-29-22-12-16(26(31)33-15-19-4-3-11-32-19)8-10-24(22)34-23-6-2-1-5-20(23)25(29)30/h1-2,5-10,12-13,19H,3-4,11,14-15H2/t19-/m1/s1. The van der Waals surface area contributed by atoms with Crippen molar-refractivity contribution in [3.63, 3.8) is 0 Å². The van der Waals surface area contributed by atoms with Crippen LogP contribution in [0.15, 0.2) is 70.5 Å². The first-order valence-electron chi connectivity index (χ1n) is 10.9. The number of carbonyl (C=O) groups is 2. The second-order valence-electron chi connectivity index (χ2n) is 8.14. The van der Waals surface area contributed by atoms with Crippen molar-refractivity contribution in [2.45, 2.75) is 35.3 Å². The predicted molar refractivity (Wildman–Crippen MR) is 128 cm³/mol. The fourth-order valence-corrected chi connectivity index (χ4v) is 5.34. The Bertz CT molecular complexity index is 1260. The molecule has 0 aromatic heterocycles. The van der Waals surface area contributed by atoms with Crippen LogP contribution in [0.3, 0.4) is 0 Å². The Labute approximate surface area is 205 Å². The summed E-state index contributed by atoms with van der Waals surface area (Å²) in [5.74, 6) is -1.15. The Hall–Kier alpha value is -2.87. The number of hydrogen-bond acceptors (Lipinski definition) is 5. The molecule has 5 nitrogen and oxygen atoms in total. The summed E-state index contributed by atoms with van der Waals surface area (Å²) in [5, 5.41) is 0.228. The zero-order valence-electron chi connectivity index (χ0n) is 18.1. The zero-order valence-corrected chi connectivity index (χ0v) is 19.7. The normalized spacial score (nSPS) is 17.2. The summed E-state index contributed by atoms with van der Waals surface area (Å²) in [4.78, 5) is 29.6. The van der Waals surface area contributed by atoms with Crippen LogP contribution < -0.4 is 4.90 Å². The smallest absolute Gasteiger partial charge is 0.338 e. The third-order valence-corrected chi connectivity index (χ3v) is 7.33. The second-order valence-corrected chi connectivity index (χ2v) is 9.63. The molecule has 2 heterocycles. The molecular formula is C26H21ClFNO4S. The van der Waals surface area contributed by atoms with Gasteiger partial charge >= 0.3 is 5.97 Å². The minimum Gasteiger partial charge on any atom is -0.459 e. The third kappa shape index (κ3) is 4.69. The van der Waals surface area contributed by atoms with E-state index in [-0.39, 0.29) is 30.2 Å². The minimum atomic E-state index is -0.475. The molecule has 0 aliphatic carbocycles. The average molecular weight is 498 g/mol. The van der Waals surface area contributed by atoms with Gasteiger partial charge in [-0.1, -0.05) is 41.6 Å². The highest BCUT2D eigenvalue weighted by Gasteiger charge is 2.29. The Morgan fingerprint density at radius 3 is 2.79 bits per heavy atom. The van der Waals surface area contributed by atoms with Gasteiger partial charge in [-0.15, -0.1) is 0 Å². The monoisotopic (exact) mass is 497 g/mol. The highest BCUT2D eigenvalue weighted by Crippen LogP contribution is 2.42. The molecule has 2 aliphatic rings. The van der Waals surface area contributed by atoms with Gasteiger partial charge in [-0.05, 0) is 60.9 Å². The number of rotatable bonds is 5. The lowest BCUT2D eigenvalue weighted by atomic mass is 10.1. The van der Waals surface area contributed by atoms with Crippen molar-refractivity contribution >= 4 is 40.9 Å². The van der Waals surface area contributed by atoms with E-state index < -0.39 is 11.8 Å². The Balaban J connectivity index is 1.51. The number of halogens is 2. The van der Waals surface area contributed by atoms with Gasteiger partial charge in [0.25, 0.3) is 5.91 Å². The lowest BCUT2D eigenvalue weighted by Crippen LogP contribution is -2.30. The van der Waals surface area contributed by atoms with Crippen LogP contribution in [0, 0.1) is 5.82 Å². The molecule has 0 spiro atoms. The molecule has 0 bridgehead atoms. The van der Waals surface area contributed by atoms with Crippen molar-refractivity contribution in [1.29, 1.82) is 0 Å². The quantitative estimate of drug-likeness (QED) is 0.397. The molecular weight excluding hydrogens is 477 g/mol. The first kappa shape index (κ1) is 22.9. The van der Waals surface area contributed by atoms with E-state index in [4.69, 9.17) is 21.1 Å². The fraction of sp³-hybridized carbons (Fsp3) is 0.231. The van der Waals surface area contributed by atoms with Crippen LogP contribution >= 0.6 is 23.4 Å². The lowest BCUT2D eigenvalue weighted by molar-refractivity contribution is 0.0161. The molecule has 2 aliphatic heterocycles. The van der Waals surface area contributed by atoms with Crippen LogP contribution in [-0.4, -0.2) is 31.2 Å². The predicted octanol–water partition coefficient (Wildman–Crippen LogP) is 6.13. The van der Waals surface area contributed by atoms with E-state index >= 15 is 0 Å². The van der Waals surface area contributed by atoms with Gasteiger partial charge in [-0.25, -0.2) is 9.18 Å². The number of benzene rings is 3. The molecule has 34 heavy (non-hydrogen) atoms.